The minimum absolute atomic E-state index is 0.598. The summed E-state index contributed by atoms with van der Waals surface area (Å²) in [6, 6.07) is 0. The zero-order valence-electron chi connectivity index (χ0n) is 7.66. The number of aryl methyl sites for hydroxylation is 1. The first-order valence-electron chi connectivity index (χ1n) is 4.42. The van der Waals surface area contributed by atoms with Crippen molar-refractivity contribution in [2.45, 2.75) is 17.7 Å². The average Bonchev–Trinajstić information content (AvgIpc) is 2.81. The van der Waals surface area contributed by atoms with Crippen molar-refractivity contribution in [1.82, 2.24) is 9.78 Å². The molecule has 0 atom stereocenters. The van der Waals surface area contributed by atoms with Crippen LogP contribution in [0.5, 0.6) is 0 Å². The Morgan fingerprint density at radius 3 is 2.92 bits per heavy atom. The maximum Gasteiger partial charge on any atom is 0.0625 e. The van der Waals surface area contributed by atoms with Crippen molar-refractivity contribution in [3.63, 3.8) is 0 Å². The number of alkyl halides is 1. The zero-order valence-corrected chi connectivity index (χ0v) is 10.1. The Kier molecular flexibility index (Phi) is 2.70. The van der Waals surface area contributed by atoms with Crippen LogP contribution in [0.3, 0.4) is 0 Å². The molecule has 0 unspecified atom stereocenters. The summed E-state index contributed by atoms with van der Waals surface area (Å²) in [6.45, 7) is 0. The van der Waals surface area contributed by atoms with Crippen LogP contribution in [0, 0.1) is 5.41 Å². The van der Waals surface area contributed by atoms with Crippen LogP contribution in [-0.4, -0.2) is 20.9 Å². The van der Waals surface area contributed by atoms with Crippen molar-refractivity contribution in [2.24, 2.45) is 12.5 Å². The predicted octanol–water partition coefficient (Wildman–Crippen LogP) is 2.69. The van der Waals surface area contributed by atoms with Crippen LogP contribution >= 0.6 is 27.7 Å². The largest absolute Gasteiger partial charge is 0.275 e. The lowest BCUT2D eigenvalue weighted by atomic mass is 10.2. The molecule has 4 heteroatoms. The van der Waals surface area contributed by atoms with E-state index in [1.165, 1.54) is 23.5 Å². The highest BCUT2D eigenvalue weighted by Gasteiger charge is 2.41. The second-order valence-electron chi connectivity index (χ2n) is 3.77. The van der Waals surface area contributed by atoms with Crippen LogP contribution < -0.4 is 0 Å². The van der Waals surface area contributed by atoms with Gasteiger partial charge in [0.05, 0.1) is 6.20 Å². The normalized spacial score (nSPS) is 18.9. The van der Waals surface area contributed by atoms with Gasteiger partial charge >= 0.3 is 0 Å². The molecule has 0 amide bonds. The highest BCUT2D eigenvalue weighted by molar-refractivity contribution is 9.09. The molecule has 1 heterocycles. The van der Waals surface area contributed by atoms with E-state index in [2.05, 4.69) is 27.2 Å². The van der Waals surface area contributed by atoms with E-state index in [1.54, 1.807) is 0 Å². The minimum atomic E-state index is 0.598. The fourth-order valence-electron chi connectivity index (χ4n) is 1.20. The predicted molar refractivity (Wildman–Crippen MR) is 59.4 cm³/mol. The third-order valence-electron chi connectivity index (χ3n) is 2.47. The summed E-state index contributed by atoms with van der Waals surface area (Å²) in [7, 11) is 1.96. The molecular formula is C9H13BrN2S. The first-order valence-corrected chi connectivity index (χ1v) is 6.52. The number of hydrogen-bond donors (Lipinski definition) is 0. The molecule has 2 nitrogen and oxygen atoms in total. The van der Waals surface area contributed by atoms with Gasteiger partial charge in [-0.3, -0.25) is 4.68 Å². The molecule has 0 aliphatic heterocycles. The van der Waals surface area contributed by atoms with E-state index in [1.807, 2.05) is 29.7 Å². The molecule has 0 aromatic carbocycles. The summed E-state index contributed by atoms with van der Waals surface area (Å²) in [6.07, 6.45) is 6.78. The fraction of sp³-hybridized carbons (Fsp3) is 0.667. The summed E-state index contributed by atoms with van der Waals surface area (Å²) in [5.74, 6) is 1.23. The molecule has 1 aromatic rings. The fourth-order valence-corrected chi connectivity index (χ4v) is 3.44. The third-order valence-corrected chi connectivity index (χ3v) is 4.96. The van der Waals surface area contributed by atoms with Gasteiger partial charge in [0.15, 0.2) is 0 Å². The highest BCUT2D eigenvalue weighted by atomic mass is 79.9. The lowest BCUT2D eigenvalue weighted by Crippen LogP contribution is -2.04. The topological polar surface area (TPSA) is 17.8 Å². The summed E-state index contributed by atoms with van der Waals surface area (Å²) in [5.41, 5.74) is 0.598. The quantitative estimate of drug-likeness (QED) is 0.612. The Labute approximate surface area is 91.2 Å². The standard InChI is InChI=1S/C9H13BrN2S/c1-12-5-8(4-11-12)13-7-9(6-10)2-3-9/h4-5H,2-3,6-7H2,1H3. The van der Waals surface area contributed by atoms with Gasteiger partial charge in [-0.1, -0.05) is 15.9 Å². The lowest BCUT2D eigenvalue weighted by molar-refractivity contribution is 0.686. The Hall–Kier alpha value is 0.0400. The maximum atomic E-state index is 4.15. The highest BCUT2D eigenvalue weighted by Crippen LogP contribution is 2.50. The van der Waals surface area contributed by atoms with Gasteiger partial charge in [-0.2, -0.15) is 5.10 Å². The molecule has 1 aromatic heterocycles. The van der Waals surface area contributed by atoms with Crippen LogP contribution in [0.25, 0.3) is 0 Å². The third kappa shape index (κ3) is 2.29. The van der Waals surface area contributed by atoms with Gasteiger partial charge in [-0.15, -0.1) is 11.8 Å². The molecule has 1 saturated carbocycles. The Morgan fingerprint density at radius 1 is 1.69 bits per heavy atom. The van der Waals surface area contributed by atoms with E-state index in [4.69, 9.17) is 0 Å². The Balaban J connectivity index is 1.86. The average molecular weight is 261 g/mol. The molecular weight excluding hydrogens is 248 g/mol. The number of nitrogens with zero attached hydrogens (tertiary/aromatic N) is 2. The molecule has 0 radical (unpaired) electrons. The van der Waals surface area contributed by atoms with Crippen LogP contribution in [0.1, 0.15) is 12.8 Å². The summed E-state index contributed by atoms with van der Waals surface area (Å²) >= 11 is 5.50. The first-order chi connectivity index (χ1) is 6.24. The van der Waals surface area contributed by atoms with Gasteiger partial charge in [0.1, 0.15) is 0 Å². The van der Waals surface area contributed by atoms with E-state index >= 15 is 0 Å². The van der Waals surface area contributed by atoms with Gasteiger partial charge in [0.2, 0.25) is 0 Å². The monoisotopic (exact) mass is 260 g/mol. The van der Waals surface area contributed by atoms with Crippen molar-refractivity contribution in [3.05, 3.63) is 12.4 Å². The minimum Gasteiger partial charge on any atom is -0.275 e. The van der Waals surface area contributed by atoms with Gasteiger partial charge in [0.25, 0.3) is 0 Å². The Bertz CT molecular complexity index is 294. The van der Waals surface area contributed by atoms with E-state index in [9.17, 15) is 0 Å². The van der Waals surface area contributed by atoms with Crippen LogP contribution in [0.15, 0.2) is 17.3 Å². The van der Waals surface area contributed by atoms with Gasteiger partial charge in [-0.05, 0) is 18.3 Å². The van der Waals surface area contributed by atoms with Crippen molar-refractivity contribution < 1.29 is 0 Å². The van der Waals surface area contributed by atoms with Crippen molar-refractivity contribution in [3.8, 4) is 0 Å². The number of thioether (sulfide) groups is 1. The second-order valence-corrected chi connectivity index (χ2v) is 5.38. The van der Waals surface area contributed by atoms with Crippen LogP contribution in [0.2, 0.25) is 0 Å². The number of halogens is 1. The smallest absolute Gasteiger partial charge is 0.0625 e. The molecule has 2 rings (SSSR count). The van der Waals surface area contributed by atoms with Gasteiger partial charge in [-0.25, -0.2) is 0 Å². The summed E-state index contributed by atoms with van der Waals surface area (Å²) in [4.78, 5) is 1.29. The van der Waals surface area contributed by atoms with E-state index in [0.717, 1.165) is 5.33 Å². The molecule has 0 bridgehead atoms. The molecule has 0 saturated heterocycles. The Morgan fingerprint density at radius 2 is 2.46 bits per heavy atom. The van der Waals surface area contributed by atoms with Crippen molar-refractivity contribution >= 4 is 27.7 Å². The SMILES string of the molecule is Cn1cc(SCC2(CBr)CC2)cn1. The zero-order chi connectivity index (χ0) is 9.31. The molecule has 72 valence electrons. The van der Waals surface area contributed by atoms with E-state index in [-0.39, 0.29) is 0 Å². The maximum absolute atomic E-state index is 4.15. The van der Waals surface area contributed by atoms with Crippen molar-refractivity contribution in [2.75, 3.05) is 11.1 Å². The van der Waals surface area contributed by atoms with Crippen LogP contribution in [0.4, 0.5) is 0 Å². The first kappa shape index (κ1) is 9.59. The summed E-state index contributed by atoms with van der Waals surface area (Å²) < 4.78 is 1.86. The molecule has 1 fully saturated rings. The second kappa shape index (κ2) is 3.65. The van der Waals surface area contributed by atoms with E-state index in [0.29, 0.717) is 5.41 Å². The number of hydrogen-bond acceptors (Lipinski definition) is 2. The van der Waals surface area contributed by atoms with Gasteiger partial charge < -0.3 is 0 Å². The molecule has 0 spiro atoms. The van der Waals surface area contributed by atoms with Crippen LogP contribution in [-0.2, 0) is 7.05 Å². The molecule has 0 N–H and O–H groups in total. The van der Waals surface area contributed by atoms with Gasteiger partial charge in [0, 0.05) is 29.2 Å². The molecule has 1 aliphatic carbocycles. The van der Waals surface area contributed by atoms with E-state index < -0.39 is 0 Å². The molecule has 13 heavy (non-hydrogen) atoms. The van der Waals surface area contributed by atoms with Crippen molar-refractivity contribution in [1.29, 1.82) is 0 Å². The molecule has 1 aliphatic rings. The number of rotatable bonds is 4. The lowest BCUT2D eigenvalue weighted by Gasteiger charge is -2.08. The summed E-state index contributed by atoms with van der Waals surface area (Å²) in [5, 5.41) is 5.29. The number of aromatic nitrogens is 2.